The third-order valence-electron chi connectivity index (χ3n) is 1.87. The van der Waals surface area contributed by atoms with Crippen molar-refractivity contribution >= 4 is 0 Å². The van der Waals surface area contributed by atoms with Gasteiger partial charge in [0.25, 0.3) is 0 Å². The van der Waals surface area contributed by atoms with Gasteiger partial charge in [-0.15, -0.1) is 0 Å². The highest BCUT2D eigenvalue weighted by atomic mass is 19.4. The Kier molecular flexibility index (Phi) is 1.84. The van der Waals surface area contributed by atoms with Crippen molar-refractivity contribution in [3.63, 3.8) is 0 Å². The van der Waals surface area contributed by atoms with E-state index in [0.29, 0.717) is 0 Å². The van der Waals surface area contributed by atoms with E-state index < -0.39 is 37.3 Å². The summed E-state index contributed by atoms with van der Waals surface area (Å²) in [5.41, 5.74) is 0. The largest absolute Gasteiger partial charge is 0.392 e. The Morgan fingerprint density at radius 1 is 1.18 bits per heavy atom. The Morgan fingerprint density at radius 3 is 1.91 bits per heavy atom. The highest BCUT2D eigenvalue weighted by molar-refractivity contribution is 4.84. The van der Waals surface area contributed by atoms with E-state index in [1.807, 2.05) is 0 Å². The van der Waals surface area contributed by atoms with Crippen molar-refractivity contribution < 1.29 is 22.0 Å². The third-order valence-corrected chi connectivity index (χ3v) is 1.87. The zero-order valence-corrected chi connectivity index (χ0v) is 5.59. The molecule has 0 aromatic carbocycles. The first kappa shape index (κ1) is 8.74. The molecule has 0 heterocycles. The van der Waals surface area contributed by atoms with Crippen molar-refractivity contribution in [2.75, 3.05) is 0 Å². The van der Waals surface area contributed by atoms with E-state index in [1.165, 1.54) is 0 Å². The smallest absolute Gasteiger partial charge is 0.207 e. The third kappa shape index (κ3) is 2.04. The van der Waals surface area contributed by atoms with Crippen LogP contribution in [-0.2, 0) is 0 Å². The maximum Gasteiger partial charge on any atom is 0.392 e. The van der Waals surface area contributed by atoms with E-state index in [4.69, 9.17) is 0 Å². The van der Waals surface area contributed by atoms with Crippen molar-refractivity contribution in [2.45, 2.75) is 31.4 Å². The van der Waals surface area contributed by atoms with Gasteiger partial charge in [-0.05, 0) is 6.42 Å². The molecule has 5 heteroatoms. The average molecular weight is 174 g/mol. The molecule has 0 N–H and O–H groups in total. The topological polar surface area (TPSA) is 0 Å². The van der Waals surface area contributed by atoms with Gasteiger partial charge in [-0.3, -0.25) is 0 Å². The van der Waals surface area contributed by atoms with Crippen LogP contribution in [-0.4, -0.2) is 12.1 Å². The zero-order chi connectivity index (χ0) is 8.70. The SMILES string of the molecule is FC1(F)CCC(C(F)(F)F)C1. The number of hydrogen-bond acceptors (Lipinski definition) is 0. The summed E-state index contributed by atoms with van der Waals surface area (Å²) in [5, 5.41) is 0. The van der Waals surface area contributed by atoms with Crippen molar-refractivity contribution in [3.05, 3.63) is 0 Å². The molecule has 0 nitrogen and oxygen atoms in total. The van der Waals surface area contributed by atoms with Gasteiger partial charge in [0, 0.05) is 12.8 Å². The van der Waals surface area contributed by atoms with Crippen molar-refractivity contribution in [2.24, 2.45) is 5.92 Å². The van der Waals surface area contributed by atoms with Crippen LogP contribution < -0.4 is 0 Å². The second-order valence-electron chi connectivity index (χ2n) is 2.84. The molecule has 1 unspecified atom stereocenters. The van der Waals surface area contributed by atoms with Crippen LogP contribution in [0.1, 0.15) is 19.3 Å². The first-order valence-corrected chi connectivity index (χ1v) is 3.26. The highest BCUT2D eigenvalue weighted by Gasteiger charge is 2.51. The van der Waals surface area contributed by atoms with Gasteiger partial charge in [0.1, 0.15) is 0 Å². The standard InChI is InChI=1S/C6H7F5/c7-5(8)2-1-4(3-5)6(9,10)11/h4H,1-3H2. The Bertz CT molecular complexity index is 148. The van der Waals surface area contributed by atoms with E-state index in [1.54, 1.807) is 0 Å². The summed E-state index contributed by atoms with van der Waals surface area (Å²) < 4.78 is 59.8. The number of rotatable bonds is 0. The Hall–Kier alpha value is -0.350. The maximum atomic E-state index is 12.2. The molecule has 0 radical (unpaired) electrons. The molecule has 0 bridgehead atoms. The Labute approximate surface area is 60.4 Å². The number of alkyl halides is 5. The molecule has 11 heavy (non-hydrogen) atoms. The van der Waals surface area contributed by atoms with Crippen LogP contribution in [0, 0.1) is 5.92 Å². The van der Waals surface area contributed by atoms with Gasteiger partial charge in [0.2, 0.25) is 5.92 Å². The van der Waals surface area contributed by atoms with Gasteiger partial charge in [-0.1, -0.05) is 0 Å². The molecule has 0 aliphatic heterocycles. The molecule has 0 saturated heterocycles. The van der Waals surface area contributed by atoms with Crippen molar-refractivity contribution in [3.8, 4) is 0 Å². The molecule has 1 fully saturated rings. The van der Waals surface area contributed by atoms with Gasteiger partial charge in [0.05, 0.1) is 5.92 Å². The Balaban J connectivity index is 2.55. The van der Waals surface area contributed by atoms with Crippen molar-refractivity contribution in [1.82, 2.24) is 0 Å². The maximum absolute atomic E-state index is 12.2. The minimum Gasteiger partial charge on any atom is -0.207 e. The Morgan fingerprint density at radius 2 is 1.73 bits per heavy atom. The number of hydrogen-bond donors (Lipinski definition) is 0. The van der Waals surface area contributed by atoms with Crippen LogP contribution in [0.4, 0.5) is 22.0 Å². The zero-order valence-electron chi connectivity index (χ0n) is 5.59. The summed E-state index contributed by atoms with van der Waals surface area (Å²) in [6.07, 6.45) is -6.54. The van der Waals surface area contributed by atoms with Crippen LogP contribution in [0.15, 0.2) is 0 Å². The minimum atomic E-state index is -4.44. The van der Waals surface area contributed by atoms with Gasteiger partial charge >= 0.3 is 6.18 Å². The summed E-state index contributed by atoms with van der Waals surface area (Å²) in [6, 6.07) is 0. The second kappa shape index (κ2) is 2.32. The average Bonchev–Trinajstić information content (AvgIpc) is 2.07. The fourth-order valence-corrected chi connectivity index (χ4v) is 1.23. The molecule has 0 aromatic heterocycles. The molecule has 0 aromatic rings. The van der Waals surface area contributed by atoms with Gasteiger partial charge in [-0.25, -0.2) is 8.78 Å². The molecule has 1 atom stereocenters. The second-order valence-corrected chi connectivity index (χ2v) is 2.84. The van der Waals surface area contributed by atoms with E-state index in [2.05, 4.69) is 0 Å². The molecule has 1 saturated carbocycles. The highest BCUT2D eigenvalue weighted by Crippen LogP contribution is 2.46. The fraction of sp³-hybridized carbons (Fsp3) is 1.00. The van der Waals surface area contributed by atoms with Gasteiger partial charge in [-0.2, -0.15) is 13.2 Å². The van der Waals surface area contributed by atoms with E-state index >= 15 is 0 Å². The molecular formula is C6H7F5. The molecule has 1 aliphatic rings. The molecule has 1 aliphatic carbocycles. The van der Waals surface area contributed by atoms with Crippen LogP contribution in [0.3, 0.4) is 0 Å². The monoisotopic (exact) mass is 174 g/mol. The van der Waals surface area contributed by atoms with Crippen LogP contribution in [0.2, 0.25) is 0 Å². The van der Waals surface area contributed by atoms with Gasteiger partial charge in [0.15, 0.2) is 0 Å². The predicted octanol–water partition coefficient (Wildman–Crippen LogP) is 2.98. The van der Waals surface area contributed by atoms with Crippen LogP contribution >= 0.6 is 0 Å². The summed E-state index contributed by atoms with van der Waals surface area (Å²) in [7, 11) is 0. The van der Waals surface area contributed by atoms with Crippen molar-refractivity contribution in [1.29, 1.82) is 0 Å². The number of halogens is 5. The lowest BCUT2D eigenvalue weighted by Crippen LogP contribution is -2.22. The summed E-state index contributed by atoms with van der Waals surface area (Å²) in [6.45, 7) is 0. The molecule has 1 rings (SSSR count). The first-order chi connectivity index (χ1) is 4.81. The van der Waals surface area contributed by atoms with Gasteiger partial charge < -0.3 is 0 Å². The molecule has 0 spiro atoms. The van der Waals surface area contributed by atoms with E-state index in [-0.39, 0.29) is 0 Å². The minimum absolute atomic E-state index is 0.434. The molecular weight excluding hydrogens is 167 g/mol. The summed E-state index contributed by atoms with van der Waals surface area (Å²) in [4.78, 5) is 0. The normalized spacial score (nSPS) is 30.8. The lowest BCUT2D eigenvalue weighted by molar-refractivity contribution is -0.178. The molecule has 66 valence electrons. The molecule has 0 amide bonds. The summed E-state index contributed by atoms with van der Waals surface area (Å²) >= 11 is 0. The predicted molar refractivity (Wildman–Crippen MR) is 28.3 cm³/mol. The fourth-order valence-electron chi connectivity index (χ4n) is 1.23. The van der Waals surface area contributed by atoms with Crippen LogP contribution in [0.5, 0.6) is 0 Å². The lowest BCUT2D eigenvalue weighted by atomic mass is 10.1. The van der Waals surface area contributed by atoms with Crippen LogP contribution in [0.25, 0.3) is 0 Å². The van der Waals surface area contributed by atoms with E-state index in [9.17, 15) is 22.0 Å². The quantitative estimate of drug-likeness (QED) is 0.495. The first-order valence-electron chi connectivity index (χ1n) is 3.26. The summed E-state index contributed by atoms with van der Waals surface area (Å²) in [5.74, 6) is -4.89. The van der Waals surface area contributed by atoms with E-state index in [0.717, 1.165) is 0 Å². The lowest BCUT2D eigenvalue weighted by Gasteiger charge is -2.13.